The zero-order chi connectivity index (χ0) is 27.0. The molecular formula is C32H38O5S. The lowest BCUT2D eigenvalue weighted by atomic mass is 10.0. The van der Waals surface area contributed by atoms with Crippen molar-refractivity contribution < 1.29 is 24.5 Å². The van der Waals surface area contributed by atoms with Gasteiger partial charge in [0.25, 0.3) is 0 Å². The zero-order valence-corrected chi connectivity index (χ0v) is 22.7. The summed E-state index contributed by atoms with van der Waals surface area (Å²) in [4.78, 5) is 23.1. The molecule has 0 radical (unpaired) electrons. The number of para-hydroxylation sites is 1. The zero-order valence-electron chi connectivity index (χ0n) is 21.9. The minimum atomic E-state index is -0.931. The van der Waals surface area contributed by atoms with Crippen LogP contribution in [0.2, 0.25) is 0 Å². The van der Waals surface area contributed by atoms with Crippen molar-refractivity contribution in [1.29, 1.82) is 0 Å². The maximum absolute atomic E-state index is 11.2. The van der Waals surface area contributed by atoms with E-state index in [1.807, 2.05) is 36.4 Å². The van der Waals surface area contributed by atoms with Crippen LogP contribution in [0.15, 0.2) is 83.8 Å². The molecule has 2 N–H and O–H groups in total. The molecule has 1 unspecified atom stereocenters. The van der Waals surface area contributed by atoms with Crippen LogP contribution in [-0.2, 0) is 17.6 Å². The van der Waals surface area contributed by atoms with Gasteiger partial charge in [-0.1, -0.05) is 55.0 Å². The number of ether oxygens (including phenoxy) is 1. The number of hydrogen-bond acceptors (Lipinski definition) is 4. The van der Waals surface area contributed by atoms with Crippen molar-refractivity contribution >= 4 is 23.7 Å². The SMILES string of the molecule is O=C(O)CCCCC(CCc1ccccc1OCCCCCc1ccccc1)Sc1ccc(C(=O)O)cc1. The van der Waals surface area contributed by atoms with E-state index in [4.69, 9.17) is 14.9 Å². The first-order valence-electron chi connectivity index (χ1n) is 13.5. The third-order valence-electron chi connectivity index (χ3n) is 6.49. The van der Waals surface area contributed by atoms with E-state index in [1.54, 1.807) is 23.9 Å². The molecule has 5 nitrogen and oxygen atoms in total. The minimum Gasteiger partial charge on any atom is -0.493 e. The van der Waals surface area contributed by atoms with Gasteiger partial charge in [0.05, 0.1) is 12.2 Å². The van der Waals surface area contributed by atoms with E-state index in [0.717, 1.165) is 62.0 Å². The Morgan fingerprint density at radius 3 is 2.21 bits per heavy atom. The molecule has 0 aliphatic heterocycles. The van der Waals surface area contributed by atoms with Gasteiger partial charge in [-0.15, -0.1) is 11.8 Å². The number of carboxylic acid groups (broad SMARTS) is 2. The second-order valence-corrected chi connectivity index (χ2v) is 10.9. The molecule has 202 valence electrons. The van der Waals surface area contributed by atoms with Crippen molar-refractivity contribution in [3.8, 4) is 5.75 Å². The van der Waals surface area contributed by atoms with Crippen LogP contribution < -0.4 is 4.74 Å². The van der Waals surface area contributed by atoms with Gasteiger partial charge in [-0.2, -0.15) is 0 Å². The molecule has 0 aliphatic carbocycles. The average Bonchev–Trinajstić information content (AvgIpc) is 2.92. The van der Waals surface area contributed by atoms with Gasteiger partial charge in [-0.3, -0.25) is 4.79 Å². The Labute approximate surface area is 230 Å². The van der Waals surface area contributed by atoms with Gasteiger partial charge in [0.15, 0.2) is 0 Å². The number of carboxylic acids is 2. The fourth-order valence-corrected chi connectivity index (χ4v) is 5.58. The lowest BCUT2D eigenvalue weighted by molar-refractivity contribution is -0.137. The van der Waals surface area contributed by atoms with Crippen LogP contribution in [0, 0.1) is 0 Å². The highest BCUT2D eigenvalue weighted by molar-refractivity contribution is 8.00. The van der Waals surface area contributed by atoms with Gasteiger partial charge in [0, 0.05) is 16.6 Å². The van der Waals surface area contributed by atoms with Gasteiger partial charge >= 0.3 is 11.9 Å². The first-order chi connectivity index (χ1) is 18.5. The fraction of sp³-hybridized carbons (Fsp3) is 0.375. The molecule has 0 amide bonds. The summed E-state index contributed by atoms with van der Waals surface area (Å²) in [6, 6.07) is 25.8. The highest BCUT2D eigenvalue weighted by atomic mass is 32.2. The Kier molecular flexibility index (Phi) is 12.8. The van der Waals surface area contributed by atoms with E-state index in [2.05, 4.69) is 30.3 Å². The maximum Gasteiger partial charge on any atom is 0.335 e. The summed E-state index contributed by atoms with van der Waals surface area (Å²) < 4.78 is 6.17. The number of aryl methyl sites for hydroxylation is 2. The van der Waals surface area contributed by atoms with E-state index < -0.39 is 11.9 Å². The number of unbranched alkanes of at least 4 members (excludes halogenated alkanes) is 3. The second-order valence-electron chi connectivity index (χ2n) is 9.50. The van der Waals surface area contributed by atoms with Crippen molar-refractivity contribution in [3.63, 3.8) is 0 Å². The van der Waals surface area contributed by atoms with Gasteiger partial charge in [0.2, 0.25) is 0 Å². The Bertz CT molecular complexity index is 1110. The third kappa shape index (κ3) is 11.0. The standard InChI is InChI=1S/C32H38O5S/c33-31(34)17-9-7-15-28(38-29-22-19-27(20-23-29)32(35)36)21-18-26-14-6-8-16-30(26)37-24-10-2-5-13-25-11-3-1-4-12-25/h1,3-4,6,8,11-12,14,16,19-20,22-23,28H,2,5,7,9-10,13,15,17-18,21,24H2,(H,33,34)(H,35,36). The second kappa shape index (κ2) is 16.6. The van der Waals surface area contributed by atoms with Gasteiger partial charge in [-0.25, -0.2) is 4.79 Å². The largest absolute Gasteiger partial charge is 0.493 e. The topological polar surface area (TPSA) is 83.8 Å². The predicted molar refractivity (Wildman–Crippen MR) is 153 cm³/mol. The van der Waals surface area contributed by atoms with Crippen LogP contribution in [0.4, 0.5) is 0 Å². The molecule has 0 spiro atoms. The summed E-state index contributed by atoms with van der Waals surface area (Å²) in [5, 5.41) is 18.4. The summed E-state index contributed by atoms with van der Waals surface area (Å²) in [5.74, 6) is -0.750. The monoisotopic (exact) mass is 534 g/mol. The highest BCUT2D eigenvalue weighted by Crippen LogP contribution is 2.32. The number of hydrogen-bond donors (Lipinski definition) is 2. The molecule has 0 saturated heterocycles. The summed E-state index contributed by atoms with van der Waals surface area (Å²) in [6.07, 6.45) is 8.81. The lowest BCUT2D eigenvalue weighted by Gasteiger charge is -2.18. The van der Waals surface area contributed by atoms with Crippen LogP contribution in [0.5, 0.6) is 5.75 Å². The van der Waals surface area contributed by atoms with E-state index in [1.165, 1.54) is 11.1 Å². The van der Waals surface area contributed by atoms with Crippen molar-refractivity contribution in [2.24, 2.45) is 0 Å². The molecule has 3 rings (SSSR count). The summed E-state index contributed by atoms with van der Waals surface area (Å²) in [5.41, 5.74) is 2.85. The summed E-state index contributed by atoms with van der Waals surface area (Å²) in [7, 11) is 0. The Balaban J connectivity index is 1.50. The molecular weight excluding hydrogens is 496 g/mol. The predicted octanol–water partition coefficient (Wildman–Crippen LogP) is 7.92. The van der Waals surface area contributed by atoms with Gasteiger partial charge < -0.3 is 14.9 Å². The van der Waals surface area contributed by atoms with Crippen LogP contribution >= 0.6 is 11.8 Å². The van der Waals surface area contributed by atoms with Crippen molar-refractivity contribution in [3.05, 3.63) is 95.6 Å². The van der Waals surface area contributed by atoms with E-state index >= 15 is 0 Å². The third-order valence-corrected chi connectivity index (χ3v) is 7.84. The maximum atomic E-state index is 11.2. The molecule has 0 fully saturated rings. The molecule has 38 heavy (non-hydrogen) atoms. The van der Waals surface area contributed by atoms with Crippen LogP contribution in [0.1, 0.15) is 72.9 Å². The highest BCUT2D eigenvalue weighted by Gasteiger charge is 2.14. The quantitative estimate of drug-likeness (QED) is 0.127. The smallest absolute Gasteiger partial charge is 0.335 e. The Hall–Kier alpha value is -3.25. The molecule has 3 aromatic rings. The first kappa shape index (κ1) is 29.3. The molecule has 1 atom stereocenters. The first-order valence-corrected chi connectivity index (χ1v) is 14.4. The van der Waals surface area contributed by atoms with Crippen LogP contribution in [0.25, 0.3) is 0 Å². The summed E-state index contributed by atoms with van der Waals surface area (Å²) in [6.45, 7) is 0.703. The van der Waals surface area contributed by atoms with Crippen LogP contribution in [-0.4, -0.2) is 34.0 Å². The van der Waals surface area contributed by atoms with Gasteiger partial charge in [0.1, 0.15) is 5.75 Å². The molecule has 0 aromatic heterocycles. The average molecular weight is 535 g/mol. The molecule has 0 bridgehead atoms. The number of aliphatic carboxylic acids is 1. The lowest BCUT2D eigenvalue weighted by Crippen LogP contribution is -2.07. The van der Waals surface area contributed by atoms with Crippen molar-refractivity contribution in [2.75, 3.05) is 6.61 Å². The number of aromatic carboxylic acids is 1. The normalized spacial score (nSPS) is 11.7. The van der Waals surface area contributed by atoms with Crippen molar-refractivity contribution in [1.82, 2.24) is 0 Å². The minimum absolute atomic E-state index is 0.187. The van der Waals surface area contributed by atoms with Crippen molar-refractivity contribution in [2.45, 2.75) is 74.4 Å². The van der Waals surface area contributed by atoms with E-state index in [-0.39, 0.29) is 12.0 Å². The van der Waals surface area contributed by atoms with Gasteiger partial charge in [-0.05, 0) is 92.8 Å². The van der Waals surface area contributed by atoms with Crippen LogP contribution in [0.3, 0.4) is 0 Å². The molecule has 0 aliphatic rings. The Morgan fingerprint density at radius 1 is 0.737 bits per heavy atom. The fourth-order valence-electron chi connectivity index (χ4n) is 4.38. The number of rotatable bonds is 18. The number of thioether (sulfide) groups is 1. The number of benzene rings is 3. The number of carbonyl (C=O) groups is 2. The van der Waals surface area contributed by atoms with E-state index in [0.29, 0.717) is 18.3 Å². The molecule has 6 heteroatoms. The Morgan fingerprint density at radius 2 is 1.47 bits per heavy atom. The summed E-state index contributed by atoms with van der Waals surface area (Å²) >= 11 is 1.74. The molecule has 0 heterocycles. The molecule has 3 aromatic carbocycles. The van der Waals surface area contributed by atoms with E-state index in [9.17, 15) is 9.59 Å². The molecule has 0 saturated carbocycles.